The van der Waals surface area contributed by atoms with Crippen LogP contribution in [0.4, 0.5) is 0 Å². The number of aromatic nitrogens is 2. The fourth-order valence-electron chi connectivity index (χ4n) is 2.34. The predicted octanol–water partition coefficient (Wildman–Crippen LogP) is 3.28. The Hall–Kier alpha value is -1.32. The highest BCUT2D eigenvalue weighted by molar-refractivity contribution is 6.30. The second-order valence-corrected chi connectivity index (χ2v) is 5.60. The lowest BCUT2D eigenvalue weighted by Gasteiger charge is -2.20. The highest BCUT2D eigenvalue weighted by Crippen LogP contribution is 2.24. The monoisotopic (exact) mass is 277 g/mol. The Morgan fingerprint density at radius 2 is 2.16 bits per heavy atom. The lowest BCUT2D eigenvalue weighted by molar-refractivity contribution is 0.478. The van der Waals surface area contributed by atoms with Gasteiger partial charge >= 0.3 is 0 Å². The molecule has 3 nitrogen and oxygen atoms in total. The van der Waals surface area contributed by atoms with Gasteiger partial charge in [-0.3, -0.25) is 0 Å². The van der Waals surface area contributed by atoms with Gasteiger partial charge in [0, 0.05) is 35.9 Å². The van der Waals surface area contributed by atoms with Crippen molar-refractivity contribution in [2.24, 2.45) is 11.7 Å². The van der Waals surface area contributed by atoms with E-state index in [2.05, 4.69) is 29.5 Å². The Morgan fingerprint density at radius 3 is 2.79 bits per heavy atom. The zero-order chi connectivity index (χ0) is 13.8. The molecule has 1 atom stereocenters. The van der Waals surface area contributed by atoms with Crippen LogP contribution in [0.3, 0.4) is 0 Å². The summed E-state index contributed by atoms with van der Waals surface area (Å²) >= 11 is 6.02. The molecule has 0 aliphatic heterocycles. The molecule has 2 rings (SSSR count). The normalized spacial score (nSPS) is 12.9. The van der Waals surface area contributed by atoms with E-state index in [-0.39, 0.29) is 0 Å². The molecular weight excluding hydrogens is 258 g/mol. The molecule has 0 aliphatic rings. The second kappa shape index (κ2) is 6.22. The van der Waals surface area contributed by atoms with Gasteiger partial charge in [-0.05, 0) is 23.6 Å². The Kier molecular flexibility index (Phi) is 4.61. The molecule has 4 heteroatoms. The molecule has 0 radical (unpaired) electrons. The summed E-state index contributed by atoms with van der Waals surface area (Å²) in [6.45, 7) is 5.79. The standard InChI is InChI=1S/C15H20ClN3/c1-11(2)14(7-17)15-8-18-10-19(15)9-12-4-3-5-13(16)6-12/h3-6,8,10-11,14H,7,9,17H2,1-2H3. The van der Waals surface area contributed by atoms with Crippen LogP contribution in [0.2, 0.25) is 5.02 Å². The van der Waals surface area contributed by atoms with Crippen LogP contribution in [0.15, 0.2) is 36.8 Å². The zero-order valence-electron chi connectivity index (χ0n) is 11.4. The minimum atomic E-state index is 0.335. The third-order valence-electron chi connectivity index (χ3n) is 3.43. The summed E-state index contributed by atoms with van der Waals surface area (Å²) in [5.41, 5.74) is 8.25. The minimum Gasteiger partial charge on any atom is -0.330 e. The summed E-state index contributed by atoms with van der Waals surface area (Å²) in [6, 6.07) is 7.91. The van der Waals surface area contributed by atoms with Gasteiger partial charge in [-0.15, -0.1) is 0 Å². The Morgan fingerprint density at radius 1 is 1.37 bits per heavy atom. The van der Waals surface area contributed by atoms with E-state index in [9.17, 15) is 0 Å². The van der Waals surface area contributed by atoms with Gasteiger partial charge in [-0.2, -0.15) is 0 Å². The van der Waals surface area contributed by atoms with E-state index in [4.69, 9.17) is 17.3 Å². The van der Waals surface area contributed by atoms with Crippen LogP contribution >= 0.6 is 11.6 Å². The minimum absolute atomic E-state index is 0.335. The summed E-state index contributed by atoms with van der Waals surface area (Å²) in [5.74, 6) is 0.835. The lowest BCUT2D eigenvalue weighted by atomic mass is 9.93. The molecule has 19 heavy (non-hydrogen) atoms. The summed E-state index contributed by atoms with van der Waals surface area (Å²) in [7, 11) is 0. The van der Waals surface area contributed by atoms with E-state index in [0.29, 0.717) is 18.4 Å². The Labute approximate surface area is 119 Å². The molecule has 0 amide bonds. The molecule has 0 bridgehead atoms. The number of nitrogens with two attached hydrogens (primary N) is 1. The van der Waals surface area contributed by atoms with Gasteiger partial charge in [0.05, 0.1) is 6.33 Å². The highest BCUT2D eigenvalue weighted by atomic mass is 35.5. The van der Waals surface area contributed by atoms with Crippen molar-refractivity contribution in [2.75, 3.05) is 6.54 Å². The topological polar surface area (TPSA) is 43.8 Å². The van der Waals surface area contributed by atoms with Crippen molar-refractivity contribution in [1.29, 1.82) is 0 Å². The quantitative estimate of drug-likeness (QED) is 0.911. The zero-order valence-corrected chi connectivity index (χ0v) is 12.1. The number of benzene rings is 1. The first-order chi connectivity index (χ1) is 9.11. The average Bonchev–Trinajstić information content (AvgIpc) is 2.78. The van der Waals surface area contributed by atoms with Gasteiger partial charge in [-0.25, -0.2) is 4.98 Å². The third-order valence-corrected chi connectivity index (χ3v) is 3.66. The summed E-state index contributed by atoms with van der Waals surface area (Å²) in [6.07, 6.45) is 3.78. The van der Waals surface area contributed by atoms with Crippen molar-refractivity contribution >= 4 is 11.6 Å². The smallest absolute Gasteiger partial charge is 0.0951 e. The van der Waals surface area contributed by atoms with Crippen LogP contribution in [-0.2, 0) is 6.54 Å². The number of rotatable bonds is 5. The van der Waals surface area contributed by atoms with Crippen molar-refractivity contribution in [1.82, 2.24) is 9.55 Å². The van der Waals surface area contributed by atoms with Crippen LogP contribution in [-0.4, -0.2) is 16.1 Å². The van der Waals surface area contributed by atoms with Crippen molar-refractivity contribution in [2.45, 2.75) is 26.3 Å². The number of halogens is 1. The molecule has 2 N–H and O–H groups in total. The number of imidazole rings is 1. The average molecular weight is 278 g/mol. The fraction of sp³-hybridized carbons (Fsp3) is 0.400. The first-order valence-electron chi connectivity index (χ1n) is 6.56. The summed E-state index contributed by atoms with van der Waals surface area (Å²) in [5, 5.41) is 0.762. The maximum Gasteiger partial charge on any atom is 0.0951 e. The molecule has 102 valence electrons. The van der Waals surface area contributed by atoms with Crippen LogP contribution < -0.4 is 5.73 Å². The summed E-state index contributed by atoms with van der Waals surface area (Å²) in [4.78, 5) is 4.27. The molecule has 1 aromatic carbocycles. The molecule has 0 fully saturated rings. The molecule has 2 aromatic rings. The first kappa shape index (κ1) is 14.1. The van der Waals surface area contributed by atoms with E-state index < -0.39 is 0 Å². The van der Waals surface area contributed by atoms with Crippen molar-refractivity contribution in [3.05, 3.63) is 53.1 Å². The van der Waals surface area contributed by atoms with Gasteiger partial charge in [-0.1, -0.05) is 37.6 Å². The van der Waals surface area contributed by atoms with E-state index in [1.165, 1.54) is 11.3 Å². The number of nitrogens with zero attached hydrogens (tertiary/aromatic N) is 2. The lowest BCUT2D eigenvalue weighted by Crippen LogP contribution is -2.21. The molecule has 0 aliphatic carbocycles. The van der Waals surface area contributed by atoms with Crippen LogP contribution in [0.5, 0.6) is 0 Å². The van der Waals surface area contributed by atoms with Gasteiger partial charge in [0.15, 0.2) is 0 Å². The molecule has 0 spiro atoms. The SMILES string of the molecule is CC(C)C(CN)c1cncn1Cc1cccc(Cl)c1. The Bertz CT molecular complexity index is 534. The van der Waals surface area contributed by atoms with E-state index in [0.717, 1.165) is 11.6 Å². The molecular formula is C15H20ClN3. The van der Waals surface area contributed by atoms with Gasteiger partial charge in [0.2, 0.25) is 0 Å². The fourth-order valence-corrected chi connectivity index (χ4v) is 2.55. The molecule has 0 saturated heterocycles. The summed E-state index contributed by atoms with van der Waals surface area (Å²) < 4.78 is 2.16. The third kappa shape index (κ3) is 3.37. The Balaban J connectivity index is 2.24. The maximum atomic E-state index is 6.02. The van der Waals surface area contributed by atoms with Crippen molar-refractivity contribution in [3.63, 3.8) is 0 Å². The van der Waals surface area contributed by atoms with E-state index >= 15 is 0 Å². The van der Waals surface area contributed by atoms with Gasteiger partial charge in [0.1, 0.15) is 0 Å². The van der Waals surface area contributed by atoms with E-state index in [1.54, 1.807) is 0 Å². The van der Waals surface area contributed by atoms with Crippen LogP contribution in [0.1, 0.15) is 31.0 Å². The van der Waals surface area contributed by atoms with Crippen molar-refractivity contribution in [3.8, 4) is 0 Å². The first-order valence-corrected chi connectivity index (χ1v) is 6.94. The van der Waals surface area contributed by atoms with Crippen LogP contribution in [0, 0.1) is 5.92 Å². The largest absolute Gasteiger partial charge is 0.330 e. The highest BCUT2D eigenvalue weighted by Gasteiger charge is 2.18. The predicted molar refractivity (Wildman–Crippen MR) is 79.4 cm³/mol. The van der Waals surface area contributed by atoms with Crippen molar-refractivity contribution < 1.29 is 0 Å². The van der Waals surface area contributed by atoms with E-state index in [1.807, 2.05) is 30.7 Å². The van der Waals surface area contributed by atoms with Gasteiger partial charge in [0.25, 0.3) is 0 Å². The van der Waals surface area contributed by atoms with Gasteiger partial charge < -0.3 is 10.3 Å². The number of hydrogen-bond acceptors (Lipinski definition) is 2. The molecule has 1 unspecified atom stereocenters. The molecule has 0 saturated carbocycles. The van der Waals surface area contributed by atoms with Crippen LogP contribution in [0.25, 0.3) is 0 Å². The molecule has 1 heterocycles. The maximum absolute atomic E-state index is 6.02. The second-order valence-electron chi connectivity index (χ2n) is 5.16. The number of hydrogen-bond donors (Lipinski definition) is 1. The molecule has 1 aromatic heterocycles.